The molecule has 1 heterocycles. The Bertz CT molecular complexity index is 1360. The SMILES string of the molecule is O=C(Nc1ccc(-c2nccs2)cc1)c1ccc(Cl)c(NS(=O)(=O)c2ccc(F)cc2)c1. The van der Waals surface area contributed by atoms with E-state index in [9.17, 15) is 17.6 Å². The van der Waals surface area contributed by atoms with E-state index in [1.165, 1.54) is 29.5 Å². The number of nitrogens with zero attached hydrogens (tertiary/aromatic N) is 1. The first kappa shape index (κ1) is 21.9. The van der Waals surface area contributed by atoms with Crippen molar-refractivity contribution in [3.63, 3.8) is 0 Å². The summed E-state index contributed by atoms with van der Waals surface area (Å²) in [6, 6.07) is 15.8. The van der Waals surface area contributed by atoms with Crippen molar-refractivity contribution in [2.24, 2.45) is 0 Å². The Morgan fingerprint density at radius 2 is 1.72 bits per heavy atom. The van der Waals surface area contributed by atoms with Crippen LogP contribution in [0.3, 0.4) is 0 Å². The standard InChI is InChI=1S/C22H15ClFN3O3S2/c23-19-10-3-15(13-20(19)27-32(29,30)18-8-4-16(24)5-9-18)21(28)26-17-6-1-14(2-7-17)22-25-11-12-31-22/h1-13,27H,(H,26,28). The van der Waals surface area contributed by atoms with Gasteiger partial charge in [-0.2, -0.15) is 0 Å². The van der Waals surface area contributed by atoms with E-state index in [1.54, 1.807) is 18.3 Å². The molecule has 2 N–H and O–H groups in total. The van der Waals surface area contributed by atoms with Crippen LogP contribution in [0, 0.1) is 5.82 Å². The zero-order valence-corrected chi connectivity index (χ0v) is 18.6. The lowest BCUT2D eigenvalue weighted by atomic mass is 10.1. The monoisotopic (exact) mass is 487 g/mol. The van der Waals surface area contributed by atoms with Gasteiger partial charge in [0.15, 0.2) is 0 Å². The van der Waals surface area contributed by atoms with Crippen LogP contribution in [0.4, 0.5) is 15.8 Å². The van der Waals surface area contributed by atoms with Crippen molar-refractivity contribution in [3.05, 3.63) is 94.7 Å². The molecule has 32 heavy (non-hydrogen) atoms. The van der Waals surface area contributed by atoms with E-state index in [4.69, 9.17) is 11.6 Å². The molecule has 0 radical (unpaired) electrons. The van der Waals surface area contributed by atoms with Crippen LogP contribution in [0.1, 0.15) is 10.4 Å². The minimum atomic E-state index is -4.02. The van der Waals surface area contributed by atoms with Crippen LogP contribution in [0.2, 0.25) is 5.02 Å². The summed E-state index contributed by atoms with van der Waals surface area (Å²) in [5, 5.41) is 5.63. The number of anilines is 2. The molecule has 0 saturated carbocycles. The molecule has 10 heteroatoms. The Morgan fingerprint density at radius 3 is 2.38 bits per heavy atom. The van der Waals surface area contributed by atoms with Crippen LogP contribution in [0.5, 0.6) is 0 Å². The predicted octanol–water partition coefficient (Wildman–Crippen LogP) is 5.66. The Morgan fingerprint density at radius 1 is 1.00 bits per heavy atom. The number of amides is 1. The number of hydrogen-bond acceptors (Lipinski definition) is 5. The van der Waals surface area contributed by atoms with Crippen molar-refractivity contribution in [3.8, 4) is 10.6 Å². The molecular formula is C22H15ClFN3O3S2. The number of aromatic nitrogens is 1. The molecule has 3 aromatic carbocycles. The predicted molar refractivity (Wildman–Crippen MR) is 124 cm³/mol. The zero-order valence-electron chi connectivity index (χ0n) is 16.2. The van der Waals surface area contributed by atoms with Gasteiger partial charge in [-0.15, -0.1) is 11.3 Å². The highest BCUT2D eigenvalue weighted by molar-refractivity contribution is 7.92. The zero-order chi connectivity index (χ0) is 22.7. The fourth-order valence-electron chi connectivity index (χ4n) is 2.83. The Labute approximate surface area is 192 Å². The summed E-state index contributed by atoms with van der Waals surface area (Å²) in [7, 11) is -4.02. The molecule has 0 saturated heterocycles. The molecular weight excluding hydrogens is 473 g/mol. The van der Waals surface area contributed by atoms with Gasteiger partial charge in [-0.1, -0.05) is 11.6 Å². The molecule has 0 spiro atoms. The summed E-state index contributed by atoms with van der Waals surface area (Å²) in [5.74, 6) is -0.994. The lowest BCUT2D eigenvalue weighted by Crippen LogP contribution is -2.15. The lowest BCUT2D eigenvalue weighted by Gasteiger charge is -2.12. The second-order valence-electron chi connectivity index (χ2n) is 6.62. The van der Waals surface area contributed by atoms with E-state index in [0.29, 0.717) is 5.69 Å². The van der Waals surface area contributed by atoms with Crippen molar-refractivity contribution in [2.45, 2.75) is 4.90 Å². The van der Waals surface area contributed by atoms with Gasteiger partial charge in [-0.3, -0.25) is 9.52 Å². The molecule has 4 rings (SSSR count). The smallest absolute Gasteiger partial charge is 0.261 e. The minimum absolute atomic E-state index is 0.0303. The first-order chi connectivity index (χ1) is 15.3. The van der Waals surface area contributed by atoms with Gasteiger partial charge in [0.1, 0.15) is 10.8 Å². The van der Waals surface area contributed by atoms with Crippen LogP contribution in [-0.4, -0.2) is 19.3 Å². The van der Waals surface area contributed by atoms with Crippen molar-refractivity contribution >= 4 is 50.2 Å². The fourth-order valence-corrected chi connectivity index (χ4v) is 4.76. The topological polar surface area (TPSA) is 88.2 Å². The number of benzene rings is 3. The van der Waals surface area contributed by atoms with Crippen LogP contribution >= 0.6 is 22.9 Å². The molecule has 0 aliphatic carbocycles. The normalized spacial score (nSPS) is 11.2. The molecule has 0 aliphatic rings. The molecule has 0 atom stereocenters. The summed E-state index contributed by atoms with van der Waals surface area (Å²) in [5.41, 5.74) is 1.73. The maximum atomic E-state index is 13.1. The molecule has 0 aliphatic heterocycles. The fraction of sp³-hybridized carbons (Fsp3) is 0. The number of carbonyl (C=O) groups is 1. The van der Waals surface area contributed by atoms with Crippen molar-refractivity contribution in [1.29, 1.82) is 0 Å². The Kier molecular flexibility index (Phi) is 6.22. The van der Waals surface area contributed by atoms with Gasteiger partial charge in [-0.05, 0) is 66.7 Å². The molecule has 4 aromatic rings. The molecule has 6 nitrogen and oxygen atoms in total. The second kappa shape index (κ2) is 9.07. The van der Waals surface area contributed by atoms with E-state index in [2.05, 4.69) is 15.0 Å². The summed E-state index contributed by atoms with van der Waals surface area (Å²) >= 11 is 7.64. The van der Waals surface area contributed by atoms with Gasteiger partial charge >= 0.3 is 0 Å². The third kappa shape index (κ3) is 4.96. The number of nitrogens with one attached hydrogen (secondary N) is 2. The summed E-state index contributed by atoms with van der Waals surface area (Å²) in [4.78, 5) is 16.8. The lowest BCUT2D eigenvalue weighted by molar-refractivity contribution is 0.102. The Balaban J connectivity index is 1.51. The highest BCUT2D eigenvalue weighted by Crippen LogP contribution is 2.27. The van der Waals surface area contributed by atoms with Gasteiger partial charge in [-0.25, -0.2) is 17.8 Å². The number of rotatable bonds is 6. The maximum absolute atomic E-state index is 13.1. The molecule has 0 bridgehead atoms. The average Bonchev–Trinajstić information content (AvgIpc) is 3.31. The summed E-state index contributed by atoms with van der Waals surface area (Å²) < 4.78 is 40.6. The molecule has 1 amide bonds. The van der Waals surface area contributed by atoms with Gasteiger partial charge in [0.2, 0.25) is 0 Å². The van der Waals surface area contributed by atoms with Crippen LogP contribution < -0.4 is 10.0 Å². The molecule has 1 aromatic heterocycles. The van der Waals surface area contributed by atoms with E-state index < -0.39 is 21.7 Å². The third-order valence-corrected chi connectivity index (χ3v) is 6.95. The summed E-state index contributed by atoms with van der Waals surface area (Å²) in [6.45, 7) is 0. The number of carbonyl (C=O) groups excluding carboxylic acids is 1. The van der Waals surface area contributed by atoms with Gasteiger partial charge in [0, 0.05) is 28.4 Å². The maximum Gasteiger partial charge on any atom is 0.261 e. The second-order valence-corrected chi connectivity index (χ2v) is 9.61. The Hall–Kier alpha value is -3.27. The van der Waals surface area contributed by atoms with E-state index in [0.717, 1.165) is 34.8 Å². The molecule has 162 valence electrons. The highest BCUT2D eigenvalue weighted by Gasteiger charge is 2.17. The number of sulfonamides is 1. The number of hydrogen-bond donors (Lipinski definition) is 2. The van der Waals surface area contributed by atoms with Crippen molar-refractivity contribution < 1.29 is 17.6 Å². The number of halogens is 2. The largest absolute Gasteiger partial charge is 0.322 e. The summed E-state index contributed by atoms with van der Waals surface area (Å²) in [6.07, 6.45) is 1.72. The average molecular weight is 488 g/mol. The first-order valence-electron chi connectivity index (χ1n) is 9.21. The van der Waals surface area contributed by atoms with E-state index in [1.807, 2.05) is 17.5 Å². The molecule has 0 fully saturated rings. The van der Waals surface area contributed by atoms with Crippen LogP contribution in [0.25, 0.3) is 10.6 Å². The quantitative estimate of drug-likeness (QED) is 0.367. The van der Waals surface area contributed by atoms with Gasteiger partial charge in [0.05, 0.1) is 15.6 Å². The van der Waals surface area contributed by atoms with Crippen LogP contribution in [0.15, 0.2) is 83.2 Å². The van der Waals surface area contributed by atoms with E-state index in [-0.39, 0.29) is 21.2 Å². The molecule has 0 unspecified atom stereocenters. The van der Waals surface area contributed by atoms with Crippen molar-refractivity contribution in [1.82, 2.24) is 4.98 Å². The van der Waals surface area contributed by atoms with Gasteiger partial charge < -0.3 is 5.32 Å². The number of thiazole rings is 1. The first-order valence-corrected chi connectivity index (χ1v) is 12.0. The van der Waals surface area contributed by atoms with Gasteiger partial charge in [0.25, 0.3) is 15.9 Å². The van der Waals surface area contributed by atoms with Crippen molar-refractivity contribution in [2.75, 3.05) is 10.0 Å². The minimum Gasteiger partial charge on any atom is -0.322 e. The highest BCUT2D eigenvalue weighted by atomic mass is 35.5. The van der Waals surface area contributed by atoms with Crippen LogP contribution in [-0.2, 0) is 10.0 Å². The van der Waals surface area contributed by atoms with E-state index >= 15 is 0 Å². The third-order valence-electron chi connectivity index (χ3n) is 4.42.